The third-order valence-electron chi connectivity index (χ3n) is 6.07. The van der Waals surface area contributed by atoms with E-state index in [0.29, 0.717) is 25.5 Å². The van der Waals surface area contributed by atoms with Crippen LogP contribution >= 0.6 is 0 Å². The van der Waals surface area contributed by atoms with Crippen LogP contribution in [-0.4, -0.2) is 94.0 Å². The number of hydrogen-bond donors (Lipinski definition) is 2. The van der Waals surface area contributed by atoms with Gasteiger partial charge in [-0.25, -0.2) is 9.59 Å². The van der Waals surface area contributed by atoms with E-state index in [1.807, 2.05) is 46.6 Å². The summed E-state index contributed by atoms with van der Waals surface area (Å²) >= 11 is 0. The van der Waals surface area contributed by atoms with E-state index >= 15 is 0 Å². The lowest BCUT2D eigenvalue weighted by molar-refractivity contribution is 0.0129. The Morgan fingerprint density at radius 3 is 2.45 bits per heavy atom. The molecule has 3 atom stereocenters. The number of likely N-dealkylation sites (N-methyl/N-ethyl adjacent to an activating group) is 1. The van der Waals surface area contributed by atoms with Crippen LogP contribution in [0.2, 0.25) is 0 Å². The lowest BCUT2D eigenvalue weighted by Gasteiger charge is -2.44. The Morgan fingerprint density at radius 2 is 1.88 bits per heavy atom. The first-order valence-electron chi connectivity index (χ1n) is 11.4. The van der Waals surface area contributed by atoms with Crippen LogP contribution in [0.4, 0.5) is 16.3 Å². The van der Waals surface area contributed by atoms with Crippen LogP contribution in [0.1, 0.15) is 57.9 Å². The zero-order valence-electron chi connectivity index (χ0n) is 20.4. The summed E-state index contributed by atoms with van der Waals surface area (Å²) < 4.78 is 11.4. The second kappa shape index (κ2) is 9.58. The maximum atomic E-state index is 12.6. The number of piperazine rings is 1. The molecule has 1 aromatic rings. The minimum atomic E-state index is -1.24. The number of likely N-dealkylation sites (tertiary alicyclic amines) is 1. The van der Waals surface area contributed by atoms with Crippen molar-refractivity contribution in [2.75, 3.05) is 43.9 Å². The highest BCUT2D eigenvalue weighted by atomic mass is 16.6. The fourth-order valence-electron chi connectivity index (χ4n) is 4.24. The number of amides is 1. The number of carboxylic acids is 1. The smallest absolute Gasteiger partial charge is 0.410 e. The molecule has 0 radical (unpaired) electrons. The number of nitrogens with two attached hydrogens (primary N) is 1. The molecule has 1 aromatic heterocycles. The molecule has 2 aliphatic heterocycles. The molecule has 0 bridgehead atoms. The molecule has 2 aliphatic rings. The Hall–Kier alpha value is -2.82. The minimum absolute atomic E-state index is 0.00803. The van der Waals surface area contributed by atoms with Crippen molar-refractivity contribution in [2.45, 2.75) is 71.2 Å². The normalized spacial score (nSPS) is 24.1. The highest BCUT2D eigenvalue weighted by Crippen LogP contribution is 2.31. The second-order valence-corrected chi connectivity index (χ2v) is 9.97. The molecular formula is C22H36N6O5. The quantitative estimate of drug-likeness (QED) is 0.667. The SMILES string of the molecule is C[C@H]1CN(c2nc(OC[C@@H]3CCCN3C)nc(C(=O)O)c2N)[C@@H](C)CN1C(=O)OC(C)(C)C. The van der Waals surface area contributed by atoms with Gasteiger partial charge in [0.25, 0.3) is 0 Å². The van der Waals surface area contributed by atoms with Crippen LogP contribution in [0.3, 0.4) is 0 Å². The molecule has 1 amide bonds. The van der Waals surface area contributed by atoms with Crippen molar-refractivity contribution < 1.29 is 24.2 Å². The van der Waals surface area contributed by atoms with Crippen molar-refractivity contribution in [3.05, 3.63) is 5.69 Å². The van der Waals surface area contributed by atoms with E-state index in [2.05, 4.69) is 14.9 Å². The summed E-state index contributed by atoms with van der Waals surface area (Å²) in [5.41, 5.74) is 5.30. The largest absolute Gasteiger partial charge is 0.476 e. The van der Waals surface area contributed by atoms with Gasteiger partial charge in [-0.05, 0) is 61.1 Å². The molecule has 0 aliphatic carbocycles. The van der Waals surface area contributed by atoms with Gasteiger partial charge in [-0.2, -0.15) is 9.97 Å². The van der Waals surface area contributed by atoms with Gasteiger partial charge in [0.2, 0.25) is 0 Å². The highest BCUT2D eigenvalue weighted by molar-refractivity contribution is 5.94. The van der Waals surface area contributed by atoms with Crippen molar-refractivity contribution in [1.29, 1.82) is 0 Å². The van der Waals surface area contributed by atoms with Crippen LogP contribution in [0, 0.1) is 0 Å². The monoisotopic (exact) mass is 464 g/mol. The van der Waals surface area contributed by atoms with Crippen LogP contribution in [0.15, 0.2) is 0 Å². The van der Waals surface area contributed by atoms with Crippen LogP contribution in [0.25, 0.3) is 0 Å². The number of nitrogen functional groups attached to an aromatic ring is 1. The molecule has 2 saturated heterocycles. The number of carbonyl (C=O) groups is 2. The van der Waals surface area contributed by atoms with Gasteiger partial charge < -0.3 is 35.0 Å². The predicted octanol–water partition coefficient (Wildman–Crippen LogP) is 2.06. The summed E-state index contributed by atoms with van der Waals surface area (Å²) in [6.07, 6.45) is 1.72. The standard InChI is InChI=1S/C22H36N6O5/c1-13-11-28(21(31)33-22(3,4)5)14(2)10-27(13)18-16(23)17(19(29)30)24-20(25-18)32-12-15-8-7-9-26(15)6/h13-15H,7-12,23H2,1-6H3,(H,29,30)/t13-,14-,15-/m0/s1. The first-order valence-corrected chi connectivity index (χ1v) is 11.4. The lowest BCUT2D eigenvalue weighted by Crippen LogP contribution is -2.59. The average Bonchev–Trinajstić information content (AvgIpc) is 3.12. The van der Waals surface area contributed by atoms with E-state index in [4.69, 9.17) is 15.2 Å². The number of aromatic carboxylic acids is 1. The second-order valence-electron chi connectivity index (χ2n) is 9.97. The van der Waals surface area contributed by atoms with E-state index in [9.17, 15) is 14.7 Å². The molecule has 3 N–H and O–H groups in total. The number of rotatable bonds is 5. The van der Waals surface area contributed by atoms with E-state index in [1.165, 1.54) is 0 Å². The topological polar surface area (TPSA) is 134 Å². The number of carboxylic acid groups (broad SMARTS) is 1. The van der Waals surface area contributed by atoms with E-state index in [-0.39, 0.29) is 41.6 Å². The molecule has 0 saturated carbocycles. The number of hydrogen-bond acceptors (Lipinski definition) is 9. The third kappa shape index (κ3) is 5.76. The average molecular weight is 465 g/mol. The third-order valence-corrected chi connectivity index (χ3v) is 6.07. The van der Waals surface area contributed by atoms with E-state index in [0.717, 1.165) is 19.4 Å². The minimum Gasteiger partial charge on any atom is -0.476 e. The zero-order chi connectivity index (χ0) is 24.5. The molecule has 33 heavy (non-hydrogen) atoms. The predicted molar refractivity (Wildman–Crippen MR) is 124 cm³/mol. The fourth-order valence-corrected chi connectivity index (χ4v) is 4.24. The van der Waals surface area contributed by atoms with Gasteiger partial charge in [-0.1, -0.05) is 0 Å². The summed E-state index contributed by atoms with van der Waals surface area (Å²) in [7, 11) is 2.03. The molecule has 0 aromatic carbocycles. The molecule has 11 heteroatoms. The van der Waals surface area contributed by atoms with Gasteiger partial charge >= 0.3 is 18.1 Å². The molecule has 3 heterocycles. The number of carbonyl (C=O) groups excluding carboxylic acids is 1. The molecule has 11 nitrogen and oxygen atoms in total. The number of ether oxygens (including phenoxy) is 2. The van der Waals surface area contributed by atoms with Crippen LogP contribution in [0.5, 0.6) is 6.01 Å². The van der Waals surface area contributed by atoms with Gasteiger partial charge in [-0.15, -0.1) is 0 Å². The Bertz CT molecular complexity index is 889. The van der Waals surface area contributed by atoms with Crippen molar-refractivity contribution in [3.8, 4) is 6.01 Å². The maximum absolute atomic E-state index is 12.6. The van der Waals surface area contributed by atoms with Gasteiger partial charge in [0.1, 0.15) is 17.9 Å². The van der Waals surface area contributed by atoms with Crippen LogP contribution < -0.4 is 15.4 Å². The number of anilines is 2. The van der Waals surface area contributed by atoms with Crippen molar-refractivity contribution in [3.63, 3.8) is 0 Å². The van der Waals surface area contributed by atoms with Gasteiger partial charge in [0.05, 0.1) is 0 Å². The molecule has 0 spiro atoms. The molecular weight excluding hydrogens is 428 g/mol. The van der Waals surface area contributed by atoms with E-state index < -0.39 is 11.6 Å². The lowest BCUT2D eigenvalue weighted by atomic mass is 10.1. The Morgan fingerprint density at radius 1 is 1.18 bits per heavy atom. The summed E-state index contributed by atoms with van der Waals surface area (Å²) in [6, 6.07) is -0.151. The van der Waals surface area contributed by atoms with Crippen LogP contribution in [-0.2, 0) is 4.74 Å². The Labute approximate surface area is 194 Å². The molecule has 2 fully saturated rings. The summed E-state index contributed by atoms with van der Waals surface area (Å²) in [4.78, 5) is 38.8. The van der Waals surface area contributed by atoms with Crippen molar-refractivity contribution in [2.24, 2.45) is 0 Å². The summed E-state index contributed by atoms with van der Waals surface area (Å²) in [5.74, 6) is -0.938. The van der Waals surface area contributed by atoms with Gasteiger partial charge in [-0.3, -0.25) is 0 Å². The maximum Gasteiger partial charge on any atom is 0.410 e. The van der Waals surface area contributed by atoms with Gasteiger partial charge in [0, 0.05) is 31.2 Å². The van der Waals surface area contributed by atoms with Gasteiger partial charge in [0.15, 0.2) is 11.5 Å². The highest BCUT2D eigenvalue weighted by Gasteiger charge is 2.37. The summed E-state index contributed by atoms with van der Waals surface area (Å²) in [5, 5.41) is 9.65. The number of nitrogens with zero attached hydrogens (tertiary/aromatic N) is 5. The van der Waals surface area contributed by atoms with E-state index in [1.54, 1.807) is 4.90 Å². The Balaban J connectivity index is 1.83. The molecule has 0 unspecified atom stereocenters. The first kappa shape index (κ1) is 24.8. The molecule has 184 valence electrons. The summed E-state index contributed by atoms with van der Waals surface area (Å²) in [6.45, 7) is 11.5. The molecule has 3 rings (SSSR count). The van der Waals surface area contributed by atoms with Crippen molar-refractivity contribution >= 4 is 23.6 Å². The van der Waals surface area contributed by atoms with Crippen molar-refractivity contribution in [1.82, 2.24) is 19.8 Å². The first-order chi connectivity index (χ1) is 15.4. The Kier molecular flexibility index (Phi) is 7.20. The zero-order valence-corrected chi connectivity index (χ0v) is 20.4. The number of aromatic nitrogens is 2. The fraction of sp³-hybridized carbons (Fsp3) is 0.727.